The van der Waals surface area contributed by atoms with Crippen molar-refractivity contribution in [2.24, 2.45) is 5.92 Å². The zero-order chi connectivity index (χ0) is 16.3. The minimum atomic E-state index is -3.49. The Morgan fingerprint density at radius 1 is 1.32 bits per heavy atom. The van der Waals surface area contributed by atoms with Gasteiger partial charge in [0.15, 0.2) is 5.75 Å². The lowest BCUT2D eigenvalue weighted by molar-refractivity contribution is -0.384. The second kappa shape index (κ2) is 6.51. The van der Waals surface area contributed by atoms with E-state index in [2.05, 4.69) is 11.6 Å². The number of rotatable bonds is 5. The van der Waals surface area contributed by atoms with E-state index in [0.29, 0.717) is 5.92 Å². The van der Waals surface area contributed by atoms with E-state index >= 15 is 0 Å². The fourth-order valence-corrected chi connectivity index (χ4v) is 3.19. The molecule has 1 aromatic carbocycles. The molecule has 1 aliphatic rings. The number of nitrogens with one attached hydrogen (secondary N) is 1. The highest BCUT2D eigenvalue weighted by Crippen LogP contribution is 2.34. The van der Waals surface area contributed by atoms with E-state index in [4.69, 9.17) is 4.74 Å². The van der Waals surface area contributed by atoms with Gasteiger partial charge >= 0.3 is 0 Å². The van der Waals surface area contributed by atoms with Crippen molar-refractivity contribution in [1.29, 1.82) is 0 Å². The van der Waals surface area contributed by atoms with Gasteiger partial charge in [0.1, 0.15) is 6.10 Å². The summed E-state index contributed by atoms with van der Waals surface area (Å²) in [5.41, 5.74) is 0.100. The normalized spacial score (nSPS) is 22.1. The number of ether oxygens (including phenoxy) is 1. The lowest BCUT2D eigenvalue weighted by atomic mass is 9.88. The summed E-state index contributed by atoms with van der Waals surface area (Å²) in [6.07, 6.45) is 5.05. The average Bonchev–Trinajstić information content (AvgIpc) is 2.41. The molecule has 1 saturated carbocycles. The number of hydrogen-bond donors (Lipinski definition) is 1. The number of non-ortho nitro benzene ring substituents is 1. The predicted molar refractivity (Wildman–Crippen MR) is 83.6 cm³/mol. The Hall–Kier alpha value is -1.83. The van der Waals surface area contributed by atoms with Crippen LogP contribution in [0.15, 0.2) is 18.2 Å². The number of nitrogens with zero attached hydrogens (tertiary/aromatic N) is 1. The van der Waals surface area contributed by atoms with Gasteiger partial charge in [-0.15, -0.1) is 0 Å². The Balaban J connectivity index is 2.32. The van der Waals surface area contributed by atoms with Crippen LogP contribution in [-0.2, 0) is 10.0 Å². The summed E-state index contributed by atoms with van der Waals surface area (Å²) in [4.78, 5) is 10.4. The van der Waals surface area contributed by atoms with Gasteiger partial charge in [-0.3, -0.25) is 14.8 Å². The monoisotopic (exact) mass is 328 g/mol. The Morgan fingerprint density at radius 3 is 2.59 bits per heavy atom. The first-order valence-corrected chi connectivity index (χ1v) is 9.08. The minimum absolute atomic E-state index is 0.0594. The number of hydrogen-bond acceptors (Lipinski definition) is 5. The summed E-state index contributed by atoms with van der Waals surface area (Å²) < 4.78 is 31.1. The van der Waals surface area contributed by atoms with Gasteiger partial charge in [-0.05, 0) is 31.2 Å². The fourth-order valence-electron chi connectivity index (χ4n) is 2.63. The number of anilines is 1. The van der Waals surface area contributed by atoms with Crippen molar-refractivity contribution < 1.29 is 18.1 Å². The molecule has 0 aromatic heterocycles. The van der Waals surface area contributed by atoms with Gasteiger partial charge in [-0.2, -0.15) is 0 Å². The van der Waals surface area contributed by atoms with Crippen LogP contribution in [0.5, 0.6) is 5.75 Å². The smallest absolute Gasteiger partial charge is 0.273 e. The van der Waals surface area contributed by atoms with Crippen LogP contribution >= 0.6 is 0 Å². The van der Waals surface area contributed by atoms with E-state index in [9.17, 15) is 18.5 Å². The van der Waals surface area contributed by atoms with Crippen molar-refractivity contribution in [1.82, 2.24) is 0 Å². The molecule has 1 fully saturated rings. The molecule has 2 atom stereocenters. The van der Waals surface area contributed by atoms with Crippen LogP contribution in [0.25, 0.3) is 0 Å². The maximum absolute atomic E-state index is 11.4. The van der Waals surface area contributed by atoms with Crippen LogP contribution in [0.1, 0.15) is 32.6 Å². The number of nitro benzene ring substituents is 1. The highest BCUT2D eigenvalue weighted by atomic mass is 32.2. The number of benzene rings is 1. The van der Waals surface area contributed by atoms with Crippen LogP contribution in [0.3, 0.4) is 0 Å². The lowest BCUT2D eigenvalue weighted by Gasteiger charge is -2.30. The summed E-state index contributed by atoms with van der Waals surface area (Å²) in [5, 5.41) is 10.9. The second-order valence-electron chi connectivity index (χ2n) is 5.73. The van der Waals surface area contributed by atoms with Gasteiger partial charge in [-0.1, -0.05) is 13.3 Å². The van der Waals surface area contributed by atoms with Crippen LogP contribution in [0.4, 0.5) is 11.4 Å². The Morgan fingerprint density at radius 2 is 2.00 bits per heavy atom. The predicted octanol–water partition coefficient (Wildman–Crippen LogP) is 2.92. The molecule has 1 N–H and O–H groups in total. The van der Waals surface area contributed by atoms with E-state index in [1.807, 2.05) is 0 Å². The third-order valence-electron chi connectivity index (χ3n) is 3.78. The zero-order valence-electron chi connectivity index (χ0n) is 12.6. The van der Waals surface area contributed by atoms with Crippen molar-refractivity contribution in [2.75, 3.05) is 11.0 Å². The van der Waals surface area contributed by atoms with Gasteiger partial charge in [0, 0.05) is 6.07 Å². The van der Waals surface area contributed by atoms with E-state index in [0.717, 1.165) is 31.9 Å². The fraction of sp³-hybridized carbons (Fsp3) is 0.571. The highest BCUT2D eigenvalue weighted by molar-refractivity contribution is 7.92. The third kappa shape index (κ3) is 4.33. The van der Waals surface area contributed by atoms with Crippen molar-refractivity contribution in [3.8, 4) is 5.75 Å². The molecule has 0 unspecified atom stereocenters. The van der Waals surface area contributed by atoms with E-state index < -0.39 is 14.9 Å². The summed E-state index contributed by atoms with van der Waals surface area (Å²) in [7, 11) is -3.49. The number of sulfonamides is 1. The first-order chi connectivity index (χ1) is 10.3. The number of nitro groups is 1. The molecule has 7 nitrogen and oxygen atoms in total. The first kappa shape index (κ1) is 16.5. The quantitative estimate of drug-likeness (QED) is 0.662. The molecule has 1 aliphatic carbocycles. The van der Waals surface area contributed by atoms with E-state index in [1.165, 1.54) is 18.2 Å². The second-order valence-corrected chi connectivity index (χ2v) is 7.48. The van der Waals surface area contributed by atoms with Crippen molar-refractivity contribution in [3.05, 3.63) is 28.3 Å². The Kier molecular flexibility index (Phi) is 4.90. The highest BCUT2D eigenvalue weighted by Gasteiger charge is 2.25. The molecule has 22 heavy (non-hydrogen) atoms. The third-order valence-corrected chi connectivity index (χ3v) is 4.37. The molecule has 8 heteroatoms. The SMILES string of the molecule is C[C@@H]1CCCC[C@H]1Oc1cc([N+](=O)[O-])ccc1NS(C)(=O)=O. The molecule has 0 radical (unpaired) electrons. The van der Waals surface area contributed by atoms with Gasteiger partial charge in [-0.25, -0.2) is 8.42 Å². The molecule has 0 aliphatic heterocycles. The van der Waals surface area contributed by atoms with Crippen LogP contribution in [0.2, 0.25) is 0 Å². The van der Waals surface area contributed by atoms with Gasteiger partial charge in [0.05, 0.1) is 22.9 Å². The average molecular weight is 328 g/mol. The summed E-state index contributed by atoms with van der Waals surface area (Å²) in [6.45, 7) is 2.07. The molecule has 2 rings (SSSR count). The standard InChI is InChI=1S/C14H20N2O5S/c1-10-5-3-4-6-13(10)21-14-9-11(16(17)18)7-8-12(14)15-22(2,19)20/h7-10,13,15H,3-6H2,1-2H3/t10-,13-/m1/s1. The van der Waals surface area contributed by atoms with Gasteiger partial charge < -0.3 is 4.74 Å². The van der Waals surface area contributed by atoms with E-state index in [1.54, 1.807) is 0 Å². The van der Waals surface area contributed by atoms with Gasteiger partial charge in [0.25, 0.3) is 5.69 Å². The molecule has 122 valence electrons. The molecule has 0 amide bonds. The topological polar surface area (TPSA) is 98.5 Å². The van der Waals surface area contributed by atoms with E-state index in [-0.39, 0.29) is 23.2 Å². The maximum atomic E-state index is 11.4. The van der Waals surface area contributed by atoms with Crippen LogP contribution in [-0.4, -0.2) is 25.7 Å². The Bertz CT molecular complexity index is 659. The van der Waals surface area contributed by atoms with Crippen molar-refractivity contribution in [2.45, 2.75) is 38.7 Å². The summed E-state index contributed by atoms with van der Waals surface area (Å²) >= 11 is 0. The zero-order valence-corrected chi connectivity index (χ0v) is 13.4. The first-order valence-electron chi connectivity index (χ1n) is 7.19. The summed E-state index contributed by atoms with van der Waals surface area (Å²) in [5.74, 6) is 0.539. The Labute approximate surface area is 129 Å². The maximum Gasteiger partial charge on any atom is 0.273 e. The molecular weight excluding hydrogens is 308 g/mol. The minimum Gasteiger partial charge on any atom is -0.488 e. The molecule has 1 aromatic rings. The largest absolute Gasteiger partial charge is 0.488 e. The van der Waals surface area contributed by atoms with Crippen molar-refractivity contribution in [3.63, 3.8) is 0 Å². The summed E-state index contributed by atoms with van der Waals surface area (Å²) in [6, 6.07) is 3.89. The molecule has 0 spiro atoms. The van der Waals surface area contributed by atoms with Gasteiger partial charge in [0.2, 0.25) is 10.0 Å². The molecule has 0 heterocycles. The molecular formula is C14H20N2O5S. The molecule has 0 saturated heterocycles. The van der Waals surface area contributed by atoms with Crippen LogP contribution < -0.4 is 9.46 Å². The van der Waals surface area contributed by atoms with Crippen LogP contribution in [0, 0.1) is 16.0 Å². The van der Waals surface area contributed by atoms with Crippen molar-refractivity contribution >= 4 is 21.4 Å². The molecule has 0 bridgehead atoms. The lowest BCUT2D eigenvalue weighted by Crippen LogP contribution is -2.28.